The Labute approximate surface area is 131 Å². The molecule has 0 aliphatic carbocycles. The lowest BCUT2D eigenvalue weighted by molar-refractivity contribution is 0.0697. The van der Waals surface area contributed by atoms with E-state index < -0.39 is 5.97 Å². The van der Waals surface area contributed by atoms with E-state index in [1.165, 1.54) is 6.07 Å². The van der Waals surface area contributed by atoms with Crippen molar-refractivity contribution in [3.05, 3.63) is 70.7 Å². The third kappa shape index (κ3) is 2.39. The van der Waals surface area contributed by atoms with Gasteiger partial charge < -0.3 is 5.11 Å². The molecular weight excluding hydrogens is 300 g/mol. The number of nitrogens with zero attached hydrogens (tertiary/aromatic N) is 2. The van der Waals surface area contributed by atoms with Crippen LogP contribution in [0.15, 0.2) is 48.7 Å². The Hall–Kier alpha value is -2.90. The average Bonchev–Trinajstić information content (AvgIpc) is 2.54. The molecule has 0 radical (unpaired) electrons. The monoisotopic (exact) mass is 308 g/mol. The van der Waals surface area contributed by atoms with Gasteiger partial charge in [0, 0.05) is 17.1 Å². The van der Waals surface area contributed by atoms with Gasteiger partial charge in [-0.05, 0) is 23.8 Å². The normalized spacial score (nSPS) is 10.4. The minimum atomic E-state index is -1.00. The van der Waals surface area contributed by atoms with Crippen LogP contribution in [0.1, 0.15) is 10.4 Å². The molecule has 0 spiro atoms. The first-order valence-corrected chi connectivity index (χ1v) is 6.77. The zero-order chi connectivity index (χ0) is 15.7. The van der Waals surface area contributed by atoms with Gasteiger partial charge in [0.1, 0.15) is 0 Å². The molecule has 3 rings (SSSR count). The predicted molar refractivity (Wildman–Crippen MR) is 85.4 cm³/mol. The number of carboxylic acid groups (broad SMARTS) is 1. The average molecular weight is 309 g/mol. The number of halogens is 1. The fourth-order valence-corrected chi connectivity index (χ4v) is 2.56. The molecule has 0 aliphatic heterocycles. The molecular formula is C17H9ClN2O2. The van der Waals surface area contributed by atoms with Gasteiger partial charge in [-0.1, -0.05) is 35.9 Å². The first-order chi connectivity index (χ1) is 10.6. The van der Waals surface area contributed by atoms with Crippen LogP contribution in [0.3, 0.4) is 0 Å². The molecule has 0 saturated heterocycles. The second kappa shape index (κ2) is 5.47. The van der Waals surface area contributed by atoms with Gasteiger partial charge in [0.05, 0.1) is 22.7 Å². The second-order valence-electron chi connectivity index (χ2n) is 4.68. The van der Waals surface area contributed by atoms with Crippen molar-refractivity contribution >= 4 is 34.2 Å². The SMILES string of the molecule is [C-]#[N+]c1ccc(-c2c(Cl)cnc3ccc(C(=O)O)cc23)cc1. The predicted octanol–water partition coefficient (Wildman–Crippen LogP) is 4.80. The highest BCUT2D eigenvalue weighted by Gasteiger charge is 2.12. The van der Waals surface area contributed by atoms with Crippen LogP contribution < -0.4 is 0 Å². The number of rotatable bonds is 2. The van der Waals surface area contributed by atoms with Gasteiger partial charge in [-0.15, -0.1) is 0 Å². The molecule has 0 fully saturated rings. The second-order valence-corrected chi connectivity index (χ2v) is 5.08. The maximum Gasteiger partial charge on any atom is 0.335 e. The summed E-state index contributed by atoms with van der Waals surface area (Å²) in [5.41, 5.74) is 2.90. The molecule has 0 amide bonds. The van der Waals surface area contributed by atoms with Crippen molar-refractivity contribution in [2.75, 3.05) is 0 Å². The topological polar surface area (TPSA) is 54.5 Å². The third-order valence-electron chi connectivity index (χ3n) is 3.35. The summed E-state index contributed by atoms with van der Waals surface area (Å²) in [6, 6.07) is 11.7. The van der Waals surface area contributed by atoms with E-state index in [2.05, 4.69) is 9.83 Å². The number of aromatic carboxylic acids is 1. The van der Waals surface area contributed by atoms with Crippen molar-refractivity contribution < 1.29 is 9.90 Å². The smallest absolute Gasteiger partial charge is 0.335 e. The summed E-state index contributed by atoms with van der Waals surface area (Å²) in [6.07, 6.45) is 1.54. The maximum atomic E-state index is 11.2. The van der Waals surface area contributed by atoms with Crippen LogP contribution in [0.4, 0.5) is 5.69 Å². The largest absolute Gasteiger partial charge is 0.478 e. The van der Waals surface area contributed by atoms with E-state index in [0.29, 0.717) is 27.2 Å². The van der Waals surface area contributed by atoms with Crippen LogP contribution in [0, 0.1) is 6.57 Å². The molecule has 1 N–H and O–H groups in total. The summed E-state index contributed by atoms with van der Waals surface area (Å²) in [5.74, 6) is -1.00. The summed E-state index contributed by atoms with van der Waals surface area (Å²) in [5, 5.41) is 10.3. The van der Waals surface area contributed by atoms with Gasteiger partial charge in [0.2, 0.25) is 0 Å². The lowest BCUT2D eigenvalue weighted by Gasteiger charge is -2.10. The molecule has 0 atom stereocenters. The zero-order valence-corrected chi connectivity index (χ0v) is 12.0. The quantitative estimate of drug-likeness (QED) is 0.692. The molecule has 106 valence electrons. The Morgan fingerprint density at radius 3 is 2.55 bits per heavy atom. The van der Waals surface area contributed by atoms with Gasteiger partial charge in [0.15, 0.2) is 5.69 Å². The number of fused-ring (bicyclic) bond motifs is 1. The highest BCUT2D eigenvalue weighted by Crippen LogP contribution is 2.35. The van der Waals surface area contributed by atoms with Gasteiger partial charge in [-0.3, -0.25) is 4.98 Å². The highest BCUT2D eigenvalue weighted by molar-refractivity contribution is 6.34. The third-order valence-corrected chi connectivity index (χ3v) is 3.64. The van der Waals surface area contributed by atoms with E-state index in [9.17, 15) is 4.79 Å². The summed E-state index contributed by atoms with van der Waals surface area (Å²) in [4.78, 5) is 18.8. The minimum absolute atomic E-state index is 0.176. The van der Waals surface area contributed by atoms with Gasteiger partial charge in [-0.25, -0.2) is 9.64 Å². The fourth-order valence-electron chi connectivity index (χ4n) is 2.30. The molecule has 1 aromatic heterocycles. The van der Waals surface area contributed by atoms with Crippen molar-refractivity contribution in [1.82, 2.24) is 4.98 Å². The van der Waals surface area contributed by atoms with Crippen LogP contribution in [0.25, 0.3) is 26.9 Å². The van der Waals surface area contributed by atoms with E-state index in [-0.39, 0.29) is 5.56 Å². The van der Waals surface area contributed by atoms with Crippen LogP contribution in [-0.2, 0) is 0 Å². The van der Waals surface area contributed by atoms with Crippen molar-refractivity contribution in [2.45, 2.75) is 0 Å². The summed E-state index contributed by atoms with van der Waals surface area (Å²) < 4.78 is 0. The van der Waals surface area contributed by atoms with E-state index in [1.54, 1.807) is 42.6 Å². The van der Waals surface area contributed by atoms with Crippen LogP contribution in [-0.4, -0.2) is 16.1 Å². The molecule has 4 nitrogen and oxygen atoms in total. The Balaban J connectivity index is 2.30. The molecule has 0 aliphatic rings. The van der Waals surface area contributed by atoms with Gasteiger partial charge >= 0.3 is 5.97 Å². The molecule has 0 unspecified atom stereocenters. The zero-order valence-electron chi connectivity index (χ0n) is 11.2. The Kier molecular flexibility index (Phi) is 3.50. The van der Waals surface area contributed by atoms with Gasteiger partial charge in [0.25, 0.3) is 0 Å². The van der Waals surface area contributed by atoms with Crippen LogP contribution >= 0.6 is 11.6 Å². The number of benzene rings is 2. The Morgan fingerprint density at radius 1 is 1.18 bits per heavy atom. The van der Waals surface area contributed by atoms with Crippen molar-refractivity contribution in [3.63, 3.8) is 0 Å². The Morgan fingerprint density at radius 2 is 1.91 bits per heavy atom. The van der Waals surface area contributed by atoms with E-state index >= 15 is 0 Å². The molecule has 2 aromatic carbocycles. The number of hydrogen-bond acceptors (Lipinski definition) is 2. The minimum Gasteiger partial charge on any atom is -0.478 e. The van der Waals surface area contributed by atoms with Crippen molar-refractivity contribution in [2.24, 2.45) is 0 Å². The van der Waals surface area contributed by atoms with E-state index in [1.807, 2.05) is 0 Å². The summed E-state index contributed by atoms with van der Waals surface area (Å²) in [6.45, 7) is 6.99. The number of hydrogen-bond donors (Lipinski definition) is 1. The number of carbonyl (C=O) groups is 1. The molecule has 22 heavy (non-hydrogen) atoms. The van der Waals surface area contributed by atoms with Crippen molar-refractivity contribution in [3.8, 4) is 11.1 Å². The molecule has 5 heteroatoms. The van der Waals surface area contributed by atoms with E-state index in [0.717, 1.165) is 5.56 Å². The lowest BCUT2D eigenvalue weighted by atomic mass is 9.99. The van der Waals surface area contributed by atoms with Crippen molar-refractivity contribution in [1.29, 1.82) is 0 Å². The van der Waals surface area contributed by atoms with Crippen LogP contribution in [0.2, 0.25) is 5.02 Å². The summed E-state index contributed by atoms with van der Waals surface area (Å²) in [7, 11) is 0. The summed E-state index contributed by atoms with van der Waals surface area (Å²) >= 11 is 6.27. The lowest BCUT2D eigenvalue weighted by Crippen LogP contribution is -1.96. The van der Waals surface area contributed by atoms with Gasteiger partial charge in [-0.2, -0.15) is 0 Å². The van der Waals surface area contributed by atoms with Crippen LogP contribution in [0.5, 0.6) is 0 Å². The number of aromatic nitrogens is 1. The van der Waals surface area contributed by atoms with E-state index in [4.69, 9.17) is 23.3 Å². The standard InChI is InChI=1S/C17H9ClN2O2/c1-19-12-5-2-10(3-6-12)16-13-8-11(17(21)22)4-7-15(13)20-9-14(16)18/h2-9H,(H,21,22). The number of carboxylic acids is 1. The fraction of sp³-hybridized carbons (Fsp3) is 0. The number of pyridine rings is 1. The molecule has 3 aromatic rings. The molecule has 0 saturated carbocycles. The Bertz CT molecular complexity index is 928. The first kappa shape index (κ1) is 14.1. The molecule has 0 bridgehead atoms. The maximum absolute atomic E-state index is 11.2. The molecule has 1 heterocycles. The first-order valence-electron chi connectivity index (χ1n) is 6.39. The highest BCUT2D eigenvalue weighted by atomic mass is 35.5.